The van der Waals surface area contributed by atoms with Gasteiger partial charge in [0.25, 0.3) is 0 Å². The Bertz CT molecular complexity index is 138. The molecule has 0 saturated heterocycles. The summed E-state index contributed by atoms with van der Waals surface area (Å²) in [4.78, 5) is 0. The number of halogens is 4. The topological polar surface area (TPSA) is 61.3 Å². The van der Waals surface area contributed by atoms with Gasteiger partial charge in [-0.1, -0.05) is 0 Å². The van der Waals surface area contributed by atoms with E-state index in [4.69, 9.17) is 0 Å². The highest BCUT2D eigenvalue weighted by Crippen LogP contribution is 2.32. The van der Waals surface area contributed by atoms with E-state index in [0.717, 1.165) is 0 Å². The summed E-state index contributed by atoms with van der Waals surface area (Å²) in [6.07, 6.45) is -2.42. The Balaban J connectivity index is 0. The predicted octanol–water partition coefficient (Wildman–Crippen LogP) is 2.17. The molecule has 0 saturated carbocycles. The van der Waals surface area contributed by atoms with Crippen LogP contribution in [-0.4, -0.2) is 25.6 Å². The summed E-state index contributed by atoms with van der Waals surface area (Å²) >= 11 is 0. The maximum Gasteiger partial charge on any atom is 0.233 e. The average Bonchev–Trinajstić information content (AvgIpc) is 2.02. The molecule has 0 aliphatic carbocycles. The van der Waals surface area contributed by atoms with Gasteiger partial charge < -0.3 is 6.15 Å². The van der Waals surface area contributed by atoms with Crippen molar-refractivity contribution in [1.29, 1.82) is 0 Å². The molecule has 0 rings (SSSR count). The molecule has 0 aliphatic rings. The number of hydrogen-bond acceptors (Lipinski definition) is 3. The van der Waals surface area contributed by atoms with Gasteiger partial charge in [-0.25, -0.2) is 17.6 Å². The van der Waals surface area contributed by atoms with Crippen molar-refractivity contribution in [2.24, 2.45) is 0 Å². The van der Waals surface area contributed by atoms with Crippen LogP contribution in [0.15, 0.2) is 0 Å². The van der Waals surface area contributed by atoms with Gasteiger partial charge in [-0.05, 0) is 0 Å². The molecule has 8 heteroatoms. The van der Waals surface area contributed by atoms with Gasteiger partial charge >= 0.3 is 0 Å². The Kier molecular flexibility index (Phi) is 9.02. The van der Waals surface area contributed by atoms with Crippen molar-refractivity contribution in [3.63, 3.8) is 0 Å². The van der Waals surface area contributed by atoms with Gasteiger partial charge in [0, 0.05) is 0 Å². The average molecular weight is 211 g/mol. The van der Waals surface area contributed by atoms with Crippen LogP contribution < -0.4 is 6.15 Å². The summed E-state index contributed by atoms with van der Waals surface area (Å²) < 4.78 is 60.3. The Hall–Kier alpha value is -0.130. The summed E-state index contributed by atoms with van der Waals surface area (Å²) in [5.41, 5.74) is 0. The molecule has 0 radical (unpaired) electrons. The molecule has 0 bridgehead atoms. The van der Waals surface area contributed by atoms with E-state index in [9.17, 15) is 22.1 Å². The Morgan fingerprint density at radius 3 is 2.08 bits per heavy atom. The van der Waals surface area contributed by atoms with Crippen molar-refractivity contribution in [3.8, 4) is 0 Å². The van der Waals surface area contributed by atoms with Crippen LogP contribution in [0.5, 0.6) is 0 Å². The highest BCUT2D eigenvalue weighted by molar-refractivity contribution is 7.39. The zero-order valence-electron chi connectivity index (χ0n) is 6.10. The standard InChI is InChI=1S/C4H7F4O2P.H3N/c5-1-3(7)10-11(9)4(8)2-6;/h3-4,11H,1-2H2;1H3. The third-order valence-corrected chi connectivity index (χ3v) is 1.91. The van der Waals surface area contributed by atoms with Crippen molar-refractivity contribution in [1.82, 2.24) is 6.15 Å². The summed E-state index contributed by atoms with van der Waals surface area (Å²) in [5, 5.41) is 0. The molecule has 12 heavy (non-hydrogen) atoms. The molecule has 76 valence electrons. The number of rotatable bonds is 5. The molecule has 3 atom stereocenters. The largest absolute Gasteiger partial charge is 0.344 e. The molecule has 3 unspecified atom stereocenters. The lowest BCUT2D eigenvalue weighted by atomic mass is 10.8. The molecule has 0 spiro atoms. The Labute approximate surface area is 67.5 Å². The van der Waals surface area contributed by atoms with Gasteiger partial charge in [-0.15, -0.1) is 0 Å². The second kappa shape index (κ2) is 7.52. The summed E-state index contributed by atoms with van der Waals surface area (Å²) in [6, 6.07) is 0. The molecule has 0 heterocycles. The van der Waals surface area contributed by atoms with Crippen LogP contribution in [0.3, 0.4) is 0 Å². The smallest absolute Gasteiger partial charge is 0.233 e. The molecular weight excluding hydrogens is 201 g/mol. The normalized spacial score (nSPS) is 17.7. The third kappa shape index (κ3) is 5.51. The number of hydrogen-bond donors (Lipinski definition) is 1. The maximum absolute atomic E-state index is 12.0. The van der Waals surface area contributed by atoms with Crippen molar-refractivity contribution < 1.29 is 26.7 Å². The zero-order chi connectivity index (χ0) is 8.85. The molecule has 0 aromatic heterocycles. The van der Waals surface area contributed by atoms with Crippen LogP contribution >= 0.6 is 8.03 Å². The second-order valence-corrected chi connectivity index (χ2v) is 3.12. The first kappa shape index (κ1) is 14.4. The fourth-order valence-electron chi connectivity index (χ4n) is 0.294. The minimum Gasteiger partial charge on any atom is -0.344 e. The molecule has 0 aliphatic heterocycles. The van der Waals surface area contributed by atoms with Gasteiger partial charge in [-0.2, -0.15) is 0 Å². The molecule has 0 aromatic carbocycles. The van der Waals surface area contributed by atoms with Crippen LogP contribution in [0.4, 0.5) is 17.6 Å². The van der Waals surface area contributed by atoms with E-state index in [1.54, 1.807) is 0 Å². The minimum absolute atomic E-state index is 0. The highest BCUT2D eigenvalue weighted by Gasteiger charge is 2.19. The Morgan fingerprint density at radius 2 is 1.75 bits per heavy atom. The SMILES string of the molecule is N.O=[PH](OC(F)CF)C(F)CF. The van der Waals surface area contributed by atoms with Gasteiger partial charge in [0.1, 0.15) is 13.3 Å². The first-order valence-corrected chi connectivity index (χ1v) is 4.11. The van der Waals surface area contributed by atoms with Gasteiger partial charge in [0.15, 0.2) is 0 Å². The molecule has 3 nitrogen and oxygen atoms in total. The number of alkyl halides is 4. The summed E-state index contributed by atoms with van der Waals surface area (Å²) in [7, 11) is -3.44. The van der Waals surface area contributed by atoms with Gasteiger partial charge in [0.2, 0.25) is 20.3 Å². The van der Waals surface area contributed by atoms with E-state index in [0.29, 0.717) is 0 Å². The van der Waals surface area contributed by atoms with Crippen LogP contribution in [0, 0.1) is 0 Å². The summed E-state index contributed by atoms with van der Waals surface area (Å²) in [5.74, 6) is -2.34. The maximum atomic E-state index is 12.0. The van der Waals surface area contributed by atoms with E-state index >= 15 is 0 Å². The molecule has 0 fully saturated rings. The van der Waals surface area contributed by atoms with Crippen molar-refractivity contribution in [2.75, 3.05) is 13.3 Å². The lowest BCUT2D eigenvalue weighted by molar-refractivity contribution is 0.0465. The van der Waals surface area contributed by atoms with Crippen LogP contribution in [0.25, 0.3) is 0 Å². The lowest BCUT2D eigenvalue weighted by Gasteiger charge is -2.06. The quantitative estimate of drug-likeness (QED) is 0.559. The Morgan fingerprint density at radius 1 is 1.25 bits per heavy atom. The van der Waals surface area contributed by atoms with Crippen molar-refractivity contribution in [3.05, 3.63) is 0 Å². The van der Waals surface area contributed by atoms with E-state index in [2.05, 4.69) is 4.52 Å². The van der Waals surface area contributed by atoms with E-state index in [1.165, 1.54) is 0 Å². The van der Waals surface area contributed by atoms with Crippen molar-refractivity contribution >= 4 is 8.03 Å². The summed E-state index contributed by atoms with van der Waals surface area (Å²) in [6.45, 7) is -3.04. The molecule has 3 N–H and O–H groups in total. The monoisotopic (exact) mass is 211 g/mol. The first-order chi connectivity index (χ1) is 5.11. The third-order valence-electron chi connectivity index (χ3n) is 0.757. The molecular formula is C4H10F4NO2P. The molecule has 0 amide bonds. The van der Waals surface area contributed by atoms with Crippen LogP contribution in [-0.2, 0) is 9.09 Å². The lowest BCUT2D eigenvalue weighted by Crippen LogP contribution is -2.07. The minimum atomic E-state index is -3.44. The van der Waals surface area contributed by atoms with E-state index < -0.39 is 33.6 Å². The first-order valence-electron chi connectivity index (χ1n) is 2.72. The highest BCUT2D eigenvalue weighted by atomic mass is 31.1. The van der Waals surface area contributed by atoms with Crippen LogP contribution in [0.2, 0.25) is 0 Å². The van der Waals surface area contributed by atoms with E-state index in [1.807, 2.05) is 0 Å². The second-order valence-electron chi connectivity index (χ2n) is 1.62. The molecule has 0 aromatic rings. The van der Waals surface area contributed by atoms with Crippen LogP contribution in [0.1, 0.15) is 0 Å². The predicted molar refractivity (Wildman–Crippen MR) is 36.9 cm³/mol. The van der Waals surface area contributed by atoms with E-state index in [-0.39, 0.29) is 6.15 Å². The van der Waals surface area contributed by atoms with Gasteiger partial charge in [-0.3, -0.25) is 9.09 Å². The zero-order valence-corrected chi connectivity index (χ0v) is 7.10. The fraction of sp³-hybridized carbons (Fsp3) is 1.00. The fourth-order valence-corrected chi connectivity index (χ4v) is 0.883. The van der Waals surface area contributed by atoms with Crippen molar-refractivity contribution in [2.45, 2.75) is 12.3 Å². The van der Waals surface area contributed by atoms with Gasteiger partial charge in [0.05, 0.1) is 0 Å².